The van der Waals surface area contributed by atoms with Crippen molar-refractivity contribution >= 4 is 22.6 Å². The van der Waals surface area contributed by atoms with E-state index in [0.29, 0.717) is 23.6 Å². The first kappa shape index (κ1) is 23.7. The summed E-state index contributed by atoms with van der Waals surface area (Å²) in [6.45, 7) is 5.70. The van der Waals surface area contributed by atoms with Gasteiger partial charge in [-0.25, -0.2) is 4.98 Å². The molecular weight excluding hydrogens is 470 g/mol. The number of alkyl halides is 2. The molecule has 186 valence electrons. The summed E-state index contributed by atoms with van der Waals surface area (Å²) >= 11 is 0. The molecule has 2 aromatic heterocycles. The lowest BCUT2D eigenvalue weighted by Crippen LogP contribution is -2.35. The Morgan fingerprint density at radius 1 is 1.11 bits per heavy atom. The van der Waals surface area contributed by atoms with E-state index in [2.05, 4.69) is 24.9 Å². The summed E-state index contributed by atoms with van der Waals surface area (Å²) in [7, 11) is 0. The molecule has 3 heterocycles. The van der Waals surface area contributed by atoms with E-state index in [-0.39, 0.29) is 24.0 Å². The lowest BCUT2D eigenvalue weighted by atomic mass is 9.83. The molecule has 2 N–H and O–H groups in total. The molecule has 8 nitrogen and oxygen atoms in total. The number of aliphatic hydroxyl groups is 1. The summed E-state index contributed by atoms with van der Waals surface area (Å²) in [5.74, 6) is -0.205. The summed E-state index contributed by atoms with van der Waals surface area (Å²) in [5.41, 5.74) is 2.79. The molecule has 0 radical (unpaired) electrons. The topological polar surface area (TPSA) is 98.5 Å². The van der Waals surface area contributed by atoms with Crippen molar-refractivity contribution in [2.45, 2.75) is 39.0 Å². The van der Waals surface area contributed by atoms with Crippen LogP contribution in [0.25, 0.3) is 22.2 Å². The molecule has 0 spiro atoms. The Hall–Kier alpha value is -4.05. The zero-order valence-electron chi connectivity index (χ0n) is 19.9. The first-order valence-electron chi connectivity index (χ1n) is 11.3. The van der Waals surface area contributed by atoms with E-state index in [1.54, 1.807) is 36.9 Å². The van der Waals surface area contributed by atoms with Gasteiger partial charge in [-0.05, 0) is 62.2 Å². The van der Waals surface area contributed by atoms with Gasteiger partial charge in [-0.15, -0.1) is 8.78 Å². The predicted molar refractivity (Wildman–Crippen MR) is 129 cm³/mol. The smallest absolute Gasteiger partial charge is 0.395 e. The number of nitrogens with one attached hydrogen (secondary N) is 1. The van der Waals surface area contributed by atoms with Gasteiger partial charge in [0, 0.05) is 10.9 Å². The van der Waals surface area contributed by atoms with Gasteiger partial charge in [-0.2, -0.15) is 5.10 Å². The van der Waals surface area contributed by atoms with Crippen molar-refractivity contribution in [1.82, 2.24) is 14.8 Å². The highest BCUT2D eigenvalue weighted by Crippen LogP contribution is 2.43. The third-order valence-corrected chi connectivity index (χ3v) is 6.26. The van der Waals surface area contributed by atoms with Crippen LogP contribution in [0.2, 0.25) is 0 Å². The number of aromatic nitrogens is 3. The predicted octanol–water partition coefficient (Wildman–Crippen LogP) is 4.64. The minimum Gasteiger partial charge on any atom is -0.395 e. The molecule has 10 heteroatoms. The summed E-state index contributed by atoms with van der Waals surface area (Å²) < 4.78 is 37.5. The Balaban J connectivity index is 1.40. The van der Waals surface area contributed by atoms with Crippen molar-refractivity contribution in [2.24, 2.45) is 0 Å². The molecule has 1 amide bonds. The number of hydrogen-bond acceptors (Lipinski definition) is 6. The molecule has 2 aromatic carbocycles. The Labute approximate surface area is 205 Å². The van der Waals surface area contributed by atoms with Crippen molar-refractivity contribution in [3.8, 4) is 22.8 Å². The molecular formula is C26H24F2N4O4. The van der Waals surface area contributed by atoms with E-state index in [9.17, 15) is 18.7 Å². The molecule has 1 aliphatic heterocycles. The number of rotatable bonds is 6. The maximum Gasteiger partial charge on any atom is 0.586 e. The van der Waals surface area contributed by atoms with E-state index in [1.807, 2.05) is 31.2 Å². The van der Waals surface area contributed by atoms with E-state index in [1.165, 1.54) is 12.1 Å². The maximum absolute atomic E-state index is 13.4. The quantitative estimate of drug-likeness (QED) is 0.405. The number of fused-ring (bicyclic) bond motifs is 2. The number of benzene rings is 2. The Morgan fingerprint density at radius 2 is 1.89 bits per heavy atom. The number of nitrogens with zero attached hydrogens (tertiary/aromatic N) is 3. The van der Waals surface area contributed by atoms with Crippen molar-refractivity contribution in [2.75, 3.05) is 11.9 Å². The second-order valence-electron chi connectivity index (χ2n) is 9.14. The van der Waals surface area contributed by atoms with Crippen LogP contribution in [0.5, 0.6) is 11.5 Å². The summed E-state index contributed by atoms with van der Waals surface area (Å²) in [6.07, 6.45) is -1.99. The molecule has 0 aliphatic carbocycles. The molecule has 0 fully saturated rings. The standard InChI is InChI=1S/C26H24F2N4O4/c1-15-4-9-22(30-23(15)16-5-7-19-17(12-16)14-29-32(19)10-11-33)31-24(34)25(2,3)18-6-8-20-21(13-18)36-26(27,28)35-20/h4-9,12-14,33H,10-11H2,1-3H3,(H,30,31,34). The monoisotopic (exact) mass is 494 g/mol. The van der Waals surface area contributed by atoms with Crippen LogP contribution >= 0.6 is 0 Å². The first-order chi connectivity index (χ1) is 17.1. The van der Waals surface area contributed by atoms with E-state index >= 15 is 0 Å². The van der Waals surface area contributed by atoms with Gasteiger partial charge in [-0.3, -0.25) is 9.48 Å². The Kier molecular flexibility index (Phi) is 5.63. The van der Waals surface area contributed by atoms with Crippen LogP contribution in [0.1, 0.15) is 25.0 Å². The van der Waals surface area contributed by atoms with E-state index < -0.39 is 11.7 Å². The highest BCUT2D eigenvalue weighted by Gasteiger charge is 2.44. The normalized spacial score (nSPS) is 14.3. The van der Waals surface area contributed by atoms with Gasteiger partial charge in [-0.1, -0.05) is 18.2 Å². The summed E-state index contributed by atoms with van der Waals surface area (Å²) in [4.78, 5) is 17.9. The van der Waals surface area contributed by atoms with Crippen LogP contribution in [-0.4, -0.2) is 38.7 Å². The molecule has 1 aliphatic rings. The third kappa shape index (κ3) is 4.24. The molecule has 5 rings (SSSR count). The van der Waals surface area contributed by atoms with Crippen LogP contribution in [0.4, 0.5) is 14.6 Å². The van der Waals surface area contributed by atoms with Crippen molar-refractivity contribution < 1.29 is 28.2 Å². The average molecular weight is 494 g/mol. The molecule has 0 saturated heterocycles. The highest BCUT2D eigenvalue weighted by atomic mass is 19.3. The van der Waals surface area contributed by atoms with Gasteiger partial charge in [0.1, 0.15) is 5.82 Å². The Bertz CT molecular complexity index is 1480. The molecule has 0 saturated carbocycles. The number of amides is 1. The zero-order chi connectivity index (χ0) is 25.7. The number of aliphatic hydroxyl groups excluding tert-OH is 1. The lowest BCUT2D eigenvalue weighted by Gasteiger charge is -2.24. The zero-order valence-corrected chi connectivity index (χ0v) is 19.9. The molecule has 0 atom stereocenters. The number of halogens is 2. The second-order valence-corrected chi connectivity index (χ2v) is 9.14. The summed E-state index contributed by atoms with van der Waals surface area (Å²) in [6, 6.07) is 13.7. The number of hydrogen-bond donors (Lipinski definition) is 2. The summed E-state index contributed by atoms with van der Waals surface area (Å²) in [5, 5.41) is 17.3. The van der Waals surface area contributed by atoms with Gasteiger partial charge in [0.05, 0.1) is 36.0 Å². The maximum atomic E-state index is 13.4. The van der Waals surface area contributed by atoms with Gasteiger partial charge in [0.2, 0.25) is 5.91 Å². The number of carbonyl (C=O) groups is 1. The fraction of sp³-hybridized carbons (Fsp3) is 0.269. The van der Waals surface area contributed by atoms with Gasteiger partial charge < -0.3 is 19.9 Å². The minimum atomic E-state index is -3.73. The third-order valence-electron chi connectivity index (χ3n) is 6.26. The van der Waals surface area contributed by atoms with Crippen LogP contribution in [0.15, 0.2) is 54.7 Å². The second kappa shape index (κ2) is 8.56. The van der Waals surface area contributed by atoms with Gasteiger partial charge >= 0.3 is 6.29 Å². The van der Waals surface area contributed by atoms with Gasteiger partial charge in [0.25, 0.3) is 0 Å². The first-order valence-corrected chi connectivity index (χ1v) is 11.3. The van der Waals surface area contributed by atoms with Crippen LogP contribution < -0.4 is 14.8 Å². The molecule has 36 heavy (non-hydrogen) atoms. The SMILES string of the molecule is Cc1ccc(NC(=O)C(C)(C)c2ccc3c(c2)OC(F)(F)O3)nc1-c1ccc2c(cnn2CCO)c1. The van der Waals surface area contributed by atoms with Crippen LogP contribution in [0.3, 0.4) is 0 Å². The van der Waals surface area contributed by atoms with Crippen molar-refractivity contribution in [3.05, 3.63) is 65.9 Å². The van der Waals surface area contributed by atoms with Crippen LogP contribution in [0, 0.1) is 6.92 Å². The van der Waals surface area contributed by atoms with E-state index in [0.717, 1.165) is 22.0 Å². The van der Waals surface area contributed by atoms with Crippen molar-refractivity contribution in [3.63, 3.8) is 0 Å². The largest absolute Gasteiger partial charge is 0.586 e. The van der Waals surface area contributed by atoms with E-state index in [4.69, 9.17) is 0 Å². The average Bonchev–Trinajstić information content (AvgIpc) is 3.38. The Morgan fingerprint density at radius 3 is 2.67 bits per heavy atom. The molecule has 0 unspecified atom stereocenters. The number of pyridine rings is 1. The molecule has 4 aromatic rings. The lowest BCUT2D eigenvalue weighted by molar-refractivity contribution is -0.286. The number of carbonyl (C=O) groups excluding carboxylic acids is 1. The number of aryl methyl sites for hydroxylation is 1. The van der Waals surface area contributed by atoms with Crippen LogP contribution in [-0.2, 0) is 16.8 Å². The fourth-order valence-electron chi connectivity index (χ4n) is 4.14. The van der Waals surface area contributed by atoms with Gasteiger partial charge in [0.15, 0.2) is 11.5 Å². The fourth-order valence-corrected chi connectivity index (χ4v) is 4.14. The number of anilines is 1. The molecule has 0 bridgehead atoms. The minimum absolute atomic E-state index is 0.00394. The highest BCUT2D eigenvalue weighted by molar-refractivity contribution is 5.98. The number of ether oxygens (including phenoxy) is 2. The van der Waals surface area contributed by atoms with Crippen molar-refractivity contribution in [1.29, 1.82) is 0 Å².